The molecule has 1 heterocycles. The fraction of sp³-hybridized carbons (Fsp3) is 0.571. The van der Waals surface area contributed by atoms with Crippen molar-refractivity contribution in [2.75, 3.05) is 0 Å². The molecule has 1 aromatic heterocycles. The molecule has 0 aliphatic rings. The van der Waals surface area contributed by atoms with Gasteiger partial charge < -0.3 is 0 Å². The Morgan fingerprint density at radius 3 is 2.88 bits per heavy atom. The zero-order valence-corrected chi connectivity index (χ0v) is 12.2. The lowest BCUT2D eigenvalue weighted by Crippen LogP contribution is -1.82. The first-order valence-electron chi connectivity index (χ1n) is 5.97. The zero-order chi connectivity index (χ0) is 11.6. The Labute approximate surface area is 112 Å². The molecule has 16 heavy (non-hydrogen) atoms. The summed E-state index contributed by atoms with van der Waals surface area (Å²) in [5.74, 6) is 6.52. The standard InChI is InChI=1S/C14H19BrS/c1-2-3-4-5-6-7-8-10-13(15)14-11-9-12-16-14/h9,11-13H,2-6,10H2,1H3. The van der Waals surface area contributed by atoms with Gasteiger partial charge in [0, 0.05) is 17.7 Å². The Kier molecular flexibility index (Phi) is 7.63. The van der Waals surface area contributed by atoms with Crippen molar-refractivity contribution in [3.63, 3.8) is 0 Å². The van der Waals surface area contributed by atoms with Gasteiger partial charge in [0.05, 0.1) is 4.83 Å². The van der Waals surface area contributed by atoms with Crippen LogP contribution in [-0.4, -0.2) is 0 Å². The second kappa shape index (κ2) is 8.84. The van der Waals surface area contributed by atoms with Gasteiger partial charge in [-0.25, -0.2) is 0 Å². The molecular weight excluding hydrogens is 280 g/mol. The maximum absolute atomic E-state index is 3.67. The van der Waals surface area contributed by atoms with Crippen LogP contribution in [0.25, 0.3) is 0 Å². The van der Waals surface area contributed by atoms with Gasteiger partial charge in [-0.3, -0.25) is 0 Å². The lowest BCUT2D eigenvalue weighted by molar-refractivity contribution is 0.679. The molecule has 1 unspecified atom stereocenters. The van der Waals surface area contributed by atoms with Crippen molar-refractivity contribution in [1.82, 2.24) is 0 Å². The lowest BCUT2D eigenvalue weighted by Gasteiger charge is -2.00. The fourth-order valence-electron chi connectivity index (χ4n) is 1.46. The largest absolute Gasteiger partial charge is 0.148 e. The molecule has 0 aliphatic carbocycles. The molecule has 0 saturated heterocycles. The van der Waals surface area contributed by atoms with Crippen molar-refractivity contribution >= 4 is 27.3 Å². The first-order valence-corrected chi connectivity index (χ1v) is 7.77. The van der Waals surface area contributed by atoms with Gasteiger partial charge in [-0.1, -0.05) is 48.2 Å². The van der Waals surface area contributed by atoms with E-state index in [1.807, 2.05) is 0 Å². The van der Waals surface area contributed by atoms with Crippen molar-refractivity contribution in [2.45, 2.75) is 50.3 Å². The molecule has 88 valence electrons. The smallest absolute Gasteiger partial charge is 0.0598 e. The summed E-state index contributed by atoms with van der Waals surface area (Å²) in [5.41, 5.74) is 0. The topological polar surface area (TPSA) is 0 Å². The van der Waals surface area contributed by atoms with Crippen LogP contribution < -0.4 is 0 Å². The van der Waals surface area contributed by atoms with E-state index in [2.05, 4.69) is 52.2 Å². The molecule has 0 bridgehead atoms. The third kappa shape index (κ3) is 5.72. The van der Waals surface area contributed by atoms with E-state index in [4.69, 9.17) is 0 Å². The average molecular weight is 299 g/mol. The average Bonchev–Trinajstić information content (AvgIpc) is 2.81. The molecule has 0 nitrogen and oxygen atoms in total. The Bertz CT molecular complexity index is 318. The van der Waals surface area contributed by atoms with Gasteiger partial charge in [-0.05, 0) is 17.9 Å². The van der Waals surface area contributed by atoms with E-state index in [0.29, 0.717) is 4.83 Å². The van der Waals surface area contributed by atoms with E-state index >= 15 is 0 Å². The van der Waals surface area contributed by atoms with Gasteiger partial charge in [0.25, 0.3) is 0 Å². The first-order chi connectivity index (χ1) is 7.84. The van der Waals surface area contributed by atoms with Gasteiger partial charge in [-0.2, -0.15) is 0 Å². The zero-order valence-electron chi connectivity index (χ0n) is 9.84. The number of unbranched alkanes of at least 4 members (excludes halogenated alkanes) is 4. The van der Waals surface area contributed by atoms with Crippen molar-refractivity contribution in [2.24, 2.45) is 0 Å². The summed E-state index contributed by atoms with van der Waals surface area (Å²) in [6, 6.07) is 4.25. The van der Waals surface area contributed by atoms with Gasteiger partial charge in [-0.15, -0.1) is 23.2 Å². The maximum Gasteiger partial charge on any atom is 0.0598 e. The molecule has 1 atom stereocenters. The first kappa shape index (κ1) is 13.8. The number of thiophene rings is 1. The highest BCUT2D eigenvalue weighted by Crippen LogP contribution is 2.29. The van der Waals surface area contributed by atoms with Gasteiger partial charge in [0.1, 0.15) is 0 Å². The molecule has 0 fully saturated rings. The lowest BCUT2D eigenvalue weighted by atomic mass is 10.1. The Morgan fingerprint density at radius 1 is 1.31 bits per heavy atom. The summed E-state index contributed by atoms with van der Waals surface area (Å²) in [4.78, 5) is 1.79. The molecular formula is C14H19BrS. The van der Waals surface area contributed by atoms with Crippen LogP contribution in [0.1, 0.15) is 55.2 Å². The number of hydrogen-bond acceptors (Lipinski definition) is 1. The third-order valence-corrected chi connectivity index (χ3v) is 4.52. The van der Waals surface area contributed by atoms with E-state index in [-0.39, 0.29) is 0 Å². The summed E-state index contributed by atoms with van der Waals surface area (Å²) in [6.07, 6.45) is 7.21. The Hall–Kier alpha value is -0.260. The number of halogens is 1. The van der Waals surface area contributed by atoms with E-state index < -0.39 is 0 Å². The molecule has 1 rings (SSSR count). The van der Waals surface area contributed by atoms with E-state index in [0.717, 1.165) is 12.8 Å². The van der Waals surface area contributed by atoms with Gasteiger partial charge >= 0.3 is 0 Å². The number of alkyl halides is 1. The summed E-state index contributed by atoms with van der Waals surface area (Å²) in [5, 5.41) is 2.11. The number of hydrogen-bond donors (Lipinski definition) is 0. The molecule has 2 heteroatoms. The van der Waals surface area contributed by atoms with E-state index in [9.17, 15) is 0 Å². The van der Waals surface area contributed by atoms with Crippen LogP contribution in [0.2, 0.25) is 0 Å². The highest BCUT2D eigenvalue weighted by Gasteiger charge is 2.05. The normalized spacial score (nSPS) is 11.9. The van der Waals surface area contributed by atoms with Crippen molar-refractivity contribution in [3.8, 4) is 11.8 Å². The monoisotopic (exact) mass is 298 g/mol. The van der Waals surface area contributed by atoms with Crippen molar-refractivity contribution in [3.05, 3.63) is 22.4 Å². The Morgan fingerprint density at radius 2 is 2.19 bits per heavy atom. The minimum absolute atomic E-state index is 0.413. The van der Waals surface area contributed by atoms with Gasteiger partial charge in [0.2, 0.25) is 0 Å². The number of rotatable bonds is 6. The molecule has 0 N–H and O–H groups in total. The van der Waals surface area contributed by atoms with Crippen molar-refractivity contribution < 1.29 is 0 Å². The minimum atomic E-state index is 0.413. The summed E-state index contributed by atoms with van der Waals surface area (Å²) < 4.78 is 0. The van der Waals surface area contributed by atoms with E-state index in [1.54, 1.807) is 11.3 Å². The Balaban J connectivity index is 2.12. The highest BCUT2D eigenvalue weighted by atomic mass is 79.9. The maximum atomic E-state index is 3.67. The quantitative estimate of drug-likeness (QED) is 0.367. The third-order valence-electron chi connectivity index (χ3n) is 2.41. The summed E-state index contributed by atoms with van der Waals surface area (Å²) in [7, 11) is 0. The van der Waals surface area contributed by atoms with Crippen LogP contribution >= 0.6 is 27.3 Å². The van der Waals surface area contributed by atoms with Gasteiger partial charge in [0.15, 0.2) is 0 Å². The SMILES string of the molecule is CCCCCCC#CCC(Br)c1cccs1. The molecule has 0 saturated carbocycles. The summed E-state index contributed by atoms with van der Waals surface area (Å²) >= 11 is 5.46. The fourth-order valence-corrected chi connectivity index (χ4v) is 2.80. The second-order valence-electron chi connectivity index (χ2n) is 3.85. The molecule has 0 amide bonds. The van der Waals surface area contributed by atoms with Crippen molar-refractivity contribution in [1.29, 1.82) is 0 Å². The highest BCUT2D eigenvalue weighted by molar-refractivity contribution is 9.09. The minimum Gasteiger partial charge on any atom is -0.148 e. The van der Waals surface area contributed by atoms with Crippen LogP contribution in [0.15, 0.2) is 17.5 Å². The van der Waals surface area contributed by atoms with E-state index in [1.165, 1.54) is 30.6 Å². The van der Waals surface area contributed by atoms with Crippen LogP contribution in [0.3, 0.4) is 0 Å². The summed E-state index contributed by atoms with van der Waals surface area (Å²) in [6.45, 7) is 2.24. The van der Waals surface area contributed by atoms with Crippen LogP contribution in [0.5, 0.6) is 0 Å². The molecule has 0 spiro atoms. The molecule has 0 aromatic carbocycles. The molecule has 0 radical (unpaired) electrons. The molecule has 0 aliphatic heterocycles. The van der Waals surface area contributed by atoms with Crippen LogP contribution in [0, 0.1) is 11.8 Å². The van der Waals surface area contributed by atoms with Crippen LogP contribution in [0.4, 0.5) is 0 Å². The second-order valence-corrected chi connectivity index (χ2v) is 5.94. The predicted molar refractivity (Wildman–Crippen MR) is 77.1 cm³/mol. The molecule has 1 aromatic rings. The van der Waals surface area contributed by atoms with Crippen LogP contribution in [-0.2, 0) is 0 Å². The predicted octanol–water partition coefficient (Wildman–Crippen LogP) is 5.55.